The molecule has 1 aromatic carbocycles. The number of hydrogen-bond acceptors (Lipinski definition) is 5. The second-order valence-corrected chi connectivity index (χ2v) is 4.51. The van der Waals surface area contributed by atoms with Crippen molar-refractivity contribution in [2.75, 3.05) is 19.0 Å². The molecule has 0 radical (unpaired) electrons. The number of rotatable bonds is 5. The summed E-state index contributed by atoms with van der Waals surface area (Å²) in [6, 6.07) is 9.67. The van der Waals surface area contributed by atoms with Crippen LogP contribution in [0.25, 0.3) is 0 Å². The SMILES string of the molecule is COC(=O)c1ccccc1NC(=O)CNC(=O)c1cccnc1. The topological polar surface area (TPSA) is 97.4 Å². The molecule has 2 amide bonds. The summed E-state index contributed by atoms with van der Waals surface area (Å²) in [5, 5.41) is 5.04. The maximum absolute atomic E-state index is 11.9. The average Bonchev–Trinajstić information content (AvgIpc) is 2.60. The summed E-state index contributed by atoms with van der Waals surface area (Å²) in [5.41, 5.74) is 0.914. The monoisotopic (exact) mass is 313 g/mol. The molecule has 0 saturated heterocycles. The van der Waals surface area contributed by atoms with Gasteiger partial charge in [-0.1, -0.05) is 12.1 Å². The van der Waals surface area contributed by atoms with Crippen molar-refractivity contribution in [3.05, 3.63) is 59.9 Å². The lowest BCUT2D eigenvalue weighted by molar-refractivity contribution is -0.115. The number of carbonyl (C=O) groups is 3. The van der Waals surface area contributed by atoms with E-state index in [-0.39, 0.29) is 12.1 Å². The van der Waals surface area contributed by atoms with Crippen LogP contribution in [0.5, 0.6) is 0 Å². The van der Waals surface area contributed by atoms with E-state index >= 15 is 0 Å². The number of pyridine rings is 1. The van der Waals surface area contributed by atoms with Gasteiger partial charge in [-0.15, -0.1) is 0 Å². The van der Waals surface area contributed by atoms with E-state index in [4.69, 9.17) is 0 Å². The van der Waals surface area contributed by atoms with Crippen molar-refractivity contribution in [3.63, 3.8) is 0 Å². The quantitative estimate of drug-likeness (QED) is 0.809. The van der Waals surface area contributed by atoms with E-state index in [0.717, 1.165) is 0 Å². The molecule has 2 rings (SSSR count). The molecule has 2 aromatic rings. The fourth-order valence-corrected chi connectivity index (χ4v) is 1.83. The number of nitrogens with zero attached hydrogens (tertiary/aromatic N) is 1. The number of methoxy groups -OCH3 is 1. The molecule has 2 N–H and O–H groups in total. The Hall–Kier alpha value is -3.22. The third-order valence-corrected chi connectivity index (χ3v) is 2.94. The number of amides is 2. The first-order valence-corrected chi connectivity index (χ1v) is 6.77. The van der Waals surface area contributed by atoms with E-state index < -0.39 is 17.8 Å². The summed E-state index contributed by atoms with van der Waals surface area (Å²) in [5.74, 6) is -1.42. The minimum atomic E-state index is -0.555. The number of carbonyl (C=O) groups excluding carboxylic acids is 3. The van der Waals surface area contributed by atoms with Crippen LogP contribution in [0.4, 0.5) is 5.69 Å². The van der Waals surface area contributed by atoms with Crippen molar-refractivity contribution in [3.8, 4) is 0 Å². The van der Waals surface area contributed by atoms with Crippen molar-refractivity contribution < 1.29 is 19.1 Å². The molecule has 7 nitrogen and oxygen atoms in total. The summed E-state index contributed by atoms with van der Waals surface area (Å²) in [7, 11) is 1.26. The zero-order valence-corrected chi connectivity index (χ0v) is 12.4. The lowest BCUT2D eigenvalue weighted by atomic mass is 10.2. The molecule has 1 aromatic heterocycles. The van der Waals surface area contributed by atoms with Gasteiger partial charge >= 0.3 is 5.97 Å². The molecule has 0 aliphatic rings. The maximum Gasteiger partial charge on any atom is 0.339 e. The lowest BCUT2D eigenvalue weighted by Crippen LogP contribution is -2.33. The summed E-state index contributed by atoms with van der Waals surface area (Å²) in [6.07, 6.45) is 2.95. The van der Waals surface area contributed by atoms with Crippen molar-refractivity contribution in [1.29, 1.82) is 0 Å². The zero-order chi connectivity index (χ0) is 16.7. The molecule has 0 fully saturated rings. The molecule has 1 heterocycles. The molecular formula is C16H15N3O4. The van der Waals surface area contributed by atoms with Crippen molar-refractivity contribution in [2.45, 2.75) is 0 Å². The first-order chi connectivity index (χ1) is 11.1. The van der Waals surface area contributed by atoms with Crippen molar-refractivity contribution >= 4 is 23.5 Å². The molecule has 0 bridgehead atoms. The minimum absolute atomic E-state index is 0.233. The number of para-hydroxylation sites is 1. The average molecular weight is 313 g/mol. The van der Waals surface area contributed by atoms with E-state index in [0.29, 0.717) is 11.3 Å². The van der Waals surface area contributed by atoms with Crippen LogP contribution in [-0.4, -0.2) is 36.4 Å². The number of aromatic nitrogens is 1. The van der Waals surface area contributed by atoms with Gasteiger partial charge in [0.2, 0.25) is 5.91 Å². The Morgan fingerprint density at radius 1 is 1.13 bits per heavy atom. The fraction of sp³-hybridized carbons (Fsp3) is 0.125. The van der Waals surface area contributed by atoms with Crippen molar-refractivity contribution in [2.24, 2.45) is 0 Å². The molecule has 7 heteroatoms. The molecule has 0 saturated carbocycles. The van der Waals surface area contributed by atoms with Gasteiger partial charge in [0.05, 0.1) is 30.5 Å². The van der Waals surface area contributed by atoms with E-state index in [9.17, 15) is 14.4 Å². The number of anilines is 1. The Morgan fingerprint density at radius 2 is 1.91 bits per heavy atom. The molecule has 23 heavy (non-hydrogen) atoms. The Kier molecular flexibility index (Phi) is 5.40. The first-order valence-electron chi connectivity index (χ1n) is 6.77. The predicted octanol–water partition coefficient (Wildman–Crippen LogP) is 1.24. The second kappa shape index (κ2) is 7.69. The second-order valence-electron chi connectivity index (χ2n) is 4.51. The molecule has 0 atom stereocenters. The van der Waals surface area contributed by atoms with E-state index in [1.165, 1.54) is 19.4 Å². The molecule has 0 aliphatic carbocycles. The van der Waals surface area contributed by atoms with Gasteiger partial charge in [0.25, 0.3) is 5.91 Å². The van der Waals surface area contributed by atoms with Crippen LogP contribution in [0.15, 0.2) is 48.8 Å². The van der Waals surface area contributed by atoms with Crippen LogP contribution in [0.2, 0.25) is 0 Å². The number of nitrogens with one attached hydrogen (secondary N) is 2. The Balaban J connectivity index is 1.96. The lowest BCUT2D eigenvalue weighted by Gasteiger charge is -2.10. The predicted molar refractivity (Wildman–Crippen MR) is 83.0 cm³/mol. The minimum Gasteiger partial charge on any atom is -0.465 e. The van der Waals surface area contributed by atoms with E-state index in [2.05, 4.69) is 20.4 Å². The fourth-order valence-electron chi connectivity index (χ4n) is 1.83. The molecule has 118 valence electrons. The summed E-state index contributed by atoms with van der Waals surface area (Å²) in [4.78, 5) is 39.2. The van der Waals surface area contributed by atoms with E-state index in [1.54, 1.807) is 36.5 Å². The van der Waals surface area contributed by atoms with E-state index in [1.807, 2.05) is 0 Å². The number of esters is 1. The van der Waals surface area contributed by atoms with Crippen LogP contribution in [0.3, 0.4) is 0 Å². The highest BCUT2D eigenvalue weighted by Crippen LogP contribution is 2.15. The zero-order valence-electron chi connectivity index (χ0n) is 12.4. The number of ether oxygens (including phenoxy) is 1. The summed E-state index contributed by atoms with van der Waals surface area (Å²) >= 11 is 0. The Morgan fingerprint density at radius 3 is 2.61 bits per heavy atom. The number of benzene rings is 1. The standard InChI is InChI=1S/C16H15N3O4/c1-23-16(22)12-6-2-3-7-13(12)19-14(20)10-18-15(21)11-5-4-8-17-9-11/h2-9H,10H2,1H3,(H,18,21)(H,19,20). The first kappa shape index (κ1) is 16.2. The third kappa shape index (κ3) is 4.37. The van der Waals surface area contributed by atoms with Crippen LogP contribution < -0.4 is 10.6 Å². The van der Waals surface area contributed by atoms with Gasteiger partial charge in [0, 0.05) is 12.4 Å². The smallest absolute Gasteiger partial charge is 0.339 e. The normalized spacial score (nSPS) is 9.78. The van der Waals surface area contributed by atoms with Gasteiger partial charge in [0.15, 0.2) is 0 Å². The van der Waals surface area contributed by atoms with Gasteiger partial charge < -0.3 is 15.4 Å². The third-order valence-electron chi connectivity index (χ3n) is 2.94. The molecule has 0 spiro atoms. The Labute approximate surface area is 132 Å². The maximum atomic E-state index is 11.9. The van der Waals surface area contributed by atoms with Gasteiger partial charge in [-0.25, -0.2) is 4.79 Å². The molecular weight excluding hydrogens is 298 g/mol. The Bertz CT molecular complexity index is 716. The highest BCUT2D eigenvalue weighted by Gasteiger charge is 2.14. The highest BCUT2D eigenvalue weighted by atomic mass is 16.5. The van der Waals surface area contributed by atoms with Gasteiger partial charge in [-0.3, -0.25) is 14.6 Å². The van der Waals surface area contributed by atoms with Gasteiger partial charge in [-0.2, -0.15) is 0 Å². The summed E-state index contributed by atoms with van der Waals surface area (Å²) in [6.45, 7) is -0.233. The number of hydrogen-bond donors (Lipinski definition) is 2. The molecule has 0 aliphatic heterocycles. The highest BCUT2D eigenvalue weighted by molar-refractivity contribution is 6.03. The summed E-state index contributed by atoms with van der Waals surface area (Å²) < 4.78 is 4.65. The van der Waals surface area contributed by atoms with Crippen LogP contribution in [-0.2, 0) is 9.53 Å². The van der Waals surface area contributed by atoms with Gasteiger partial charge in [0.1, 0.15) is 0 Å². The van der Waals surface area contributed by atoms with Crippen molar-refractivity contribution in [1.82, 2.24) is 10.3 Å². The van der Waals surface area contributed by atoms with Gasteiger partial charge in [-0.05, 0) is 24.3 Å². The molecule has 0 unspecified atom stereocenters. The van der Waals surface area contributed by atoms with Crippen LogP contribution >= 0.6 is 0 Å². The largest absolute Gasteiger partial charge is 0.465 e. The van der Waals surface area contributed by atoms with Crippen LogP contribution in [0.1, 0.15) is 20.7 Å². The van der Waals surface area contributed by atoms with Crippen LogP contribution in [0, 0.1) is 0 Å².